The van der Waals surface area contributed by atoms with Crippen molar-refractivity contribution in [1.29, 1.82) is 5.26 Å². The van der Waals surface area contributed by atoms with E-state index in [-0.39, 0.29) is 5.54 Å². The molecule has 1 heterocycles. The van der Waals surface area contributed by atoms with Crippen LogP contribution in [-0.2, 0) is 4.74 Å². The predicted octanol–water partition coefficient (Wildman–Crippen LogP) is 0.353. The fourth-order valence-corrected chi connectivity index (χ4v) is 2.66. The van der Waals surface area contributed by atoms with Crippen molar-refractivity contribution in [2.45, 2.75) is 30.8 Å². The van der Waals surface area contributed by atoms with E-state index in [1.165, 1.54) is 0 Å². The highest BCUT2D eigenvalue weighted by atomic mass is 16.5. The van der Waals surface area contributed by atoms with Crippen molar-refractivity contribution >= 4 is 0 Å². The number of nitrogens with zero attached hydrogens (tertiary/aromatic N) is 2. The lowest BCUT2D eigenvalue weighted by Crippen LogP contribution is -2.45. The van der Waals surface area contributed by atoms with Crippen molar-refractivity contribution < 1.29 is 4.74 Å². The third-order valence-electron chi connectivity index (χ3n) is 3.74. The molecule has 1 aliphatic carbocycles. The topological polar surface area (TPSA) is 48.3 Å². The summed E-state index contributed by atoms with van der Waals surface area (Å²) < 4.78 is 5.34. The monoisotopic (exact) mass is 209 g/mol. The summed E-state index contributed by atoms with van der Waals surface area (Å²) in [6.07, 6.45) is 3.07. The largest absolute Gasteiger partial charge is 0.379 e. The zero-order valence-corrected chi connectivity index (χ0v) is 9.33. The maximum absolute atomic E-state index is 9.18. The average Bonchev–Trinajstić information content (AvgIpc) is 2.75. The molecule has 1 saturated heterocycles. The van der Waals surface area contributed by atoms with Gasteiger partial charge in [0.2, 0.25) is 0 Å². The molecule has 0 radical (unpaired) electrons. The standard InChI is InChI=1S/C11H19N3O/c1-13-11(9-12)3-2-10(8-11)14-4-6-15-7-5-14/h10,13H,2-8H2,1H3. The fraction of sp³-hybridized carbons (Fsp3) is 0.909. The van der Waals surface area contributed by atoms with E-state index in [4.69, 9.17) is 4.74 Å². The summed E-state index contributed by atoms with van der Waals surface area (Å²) in [5.74, 6) is 0. The smallest absolute Gasteiger partial charge is 0.108 e. The minimum Gasteiger partial charge on any atom is -0.379 e. The van der Waals surface area contributed by atoms with Crippen molar-refractivity contribution in [3.63, 3.8) is 0 Å². The van der Waals surface area contributed by atoms with Gasteiger partial charge in [-0.1, -0.05) is 0 Å². The van der Waals surface area contributed by atoms with Gasteiger partial charge in [-0.05, 0) is 26.3 Å². The normalized spacial score (nSPS) is 37.7. The highest BCUT2D eigenvalue weighted by Crippen LogP contribution is 2.32. The van der Waals surface area contributed by atoms with Crippen LogP contribution in [-0.4, -0.2) is 49.8 Å². The van der Waals surface area contributed by atoms with Crippen LogP contribution < -0.4 is 5.32 Å². The molecule has 2 unspecified atom stereocenters. The second kappa shape index (κ2) is 4.48. The number of rotatable bonds is 2. The van der Waals surface area contributed by atoms with Gasteiger partial charge in [0, 0.05) is 19.1 Å². The molecule has 1 N–H and O–H groups in total. The Morgan fingerprint density at radius 3 is 2.73 bits per heavy atom. The molecular formula is C11H19N3O. The average molecular weight is 209 g/mol. The second-order valence-corrected chi connectivity index (χ2v) is 4.49. The van der Waals surface area contributed by atoms with Crippen molar-refractivity contribution in [2.75, 3.05) is 33.4 Å². The third-order valence-corrected chi connectivity index (χ3v) is 3.74. The van der Waals surface area contributed by atoms with Gasteiger partial charge in [-0.3, -0.25) is 4.90 Å². The molecule has 0 amide bonds. The summed E-state index contributed by atoms with van der Waals surface area (Å²) in [7, 11) is 1.89. The van der Waals surface area contributed by atoms with Gasteiger partial charge in [0.05, 0.1) is 19.3 Å². The van der Waals surface area contributed by atoms with Crippen molar-refractivity contribution in [3.8, 4) is 6.07 Å². The summed E-state index contributed by atoms with van der Waals surface area (Å²) >= 11 is 0. The van der Waals surface area contributed by atoms with E-state index in [0.29, 0.717) is 6.04 Å². The van der Waals surface area contributed by atoms with Gasteiger partial charge in [-0.15, -0.1) is 0 Å². The number of nitriles is 1. The minimum absolute atomic E-state index is 0.275. The highest BCUT2D eigenvalue weighted by molar-refractivity contribution is 5.12. The van der Waals surface area contributed by atoms with Crippen LogP contribution in [0.3, 0.4) is 0 Å². The zero-order valence-electron chi connectivity index (χ0n) is 9.33. The van der Waals surface area contributed by atoms with Crippen LogP contribution in [0.2, 0.25) is 0 Å². The van der Waals surface area contributed by atoms with E-state index in [2.05, 4.69) is 16.3 Å². The Morgan fingerprint density at radius 2 is 2.20 bits per heavy atom. The molecule has 4 nitrogen and oxygen atoms in total. The van der Waals surface area contributed by atoms with Crippen molar-refractivity contribution in [1.82, 2.24) is 10.2 Å². The maximum Gasteiger partial charge on any atom is 0.108 e. The van der Waals surface area contributed by atoms with E-state index in [0.717, 1.165) is 45.6 Å². The van der Waals surface area contributed by atoms with Gasteiger partial charge in [-0.25, -0.2) is 0 Å². The summed E-state index contributed by atoms with van der Waals surface area (Å²) in [6, 6.07) is 3.00. The van der Waals surface area contributed by atoms with Crippen LogP contribution in [0.15, 0.2) is 0 Å². The quantitative estimate of drug-likeness (QED) is 0.713. The van der Waals surface area contributed by atoms with Gasteiger partial charge < -0.3 is 10.1 Å². The lowest BCUT2D eigenvalue weighted by molar-refractivity contribution is 0.0170. The Kier molecular flexibility index (Phi) is 3.25. The number of nitrogens with one attached hydrogen (secondary N) is 1. The lowest BCUT2D eigenvalue weighted by Gasteiger charge is -2.32. The van der Waals surface area contributed by atoms with E-state index in [9.17, 15) is 5.26 Å². The molecule has 4 heteroatoms. The van der Waals surface area contributed by atoms with E-state index < -0.39 is 0 Å². The number of hydrogen-bond donors (Lipinski definition) is 1. The third kappa shape index (κ3) is 2.15. The molecular weight excluding hydrogens is 190 g/mol. The van der Waals surface area contributed by atoms with Crippen molar-refractivity contribution in [2.24, 2.45) is 0 Å². The Balaban J connectivity index is 1.94. The Labute approximate surface area is 91.2 Å². The molecule has 2 fully saturated rings. The van der Waals surface area contributed by atoms with E-state index in [1.807, 2.05) is 7.05 Å². The van der Waals surface area contributed by atoms with Crippen LogP contribution in [0.4, 0.5) is 0 Å². The molecule has 0 aromatic heterocycles. The summed E-state index contributed by atoms with van der Waals surface area (Å²) in [5, 5.41) is 12.4. The molecule has 1 saturated carbocycles. The molecule has 0 bridgehead atoms. The van der Waals surface area contributed by atoms with Crippen molar-refractivity contribution in [3.05, 3.63) is 0 Å². The number of ether oxygens (including phenoxy) is 1. The summed E-state index contributed by atoms with van der Waals surface area (Å²) in [6.45, 7) is 3.73. The first-order valence-corrected chi connectivity index (χ1v) is 5.72. The van der Waals surface area contributed by atoms with Gasteiger partial charge in [0.25, 0.3) is 0 Å². The number of morpholine rings is 1. The summed E-state index contributed by atoms with van der Waals surface area (Å²) in [5.41, 5.74) is -0.275. The number of hydrogen-bond acceptors (Lipinski definition) is 4. The Morgan fingerprint density at radius 1 is 1.47 bits per heavy atom. The molecule has 2 rings (SSSR count). The van der Waals surface area contributed by atoms with Crippen LogP contribution in [0, 0.1) is 11.3 Å². The molecule has 0 spiro atoms. The van der Waals surface area contributed by atoms with Crippen LogP contribution >= 0.6 is 0 Å². The molecule has 0 aromatic carbocycles. The Bertz CT molecular complexity index is 257. The minimum atomic E-state index is -0.275. The lowest BCUT2D eigenvalue weighted by atomic mass is 10.00. The molecule has 2 aliphatic rings. The van der Waals surface area contributed by atoms with Gasteiger partial charge >= 0.3 is 0 Å². The van der Waals surface area contributed by atoms with Gasteiger partial charge in [0.1, 0.15) is 5.54 Å². The molecule has 1 aliphatic heterocycles. The van der Waals surface area contributed by atoms with Crippen LogP contribution in [0.1, 0.15) is 19.3 Å². The molecule has 0 aromatic rings. The first kappa shape index (κ1) is 10.9. The van der Waals surface area contributed by atoms with E-state index in [1.54, 1.807) is 0 Å². The molecule has 2 atom stereocenters. The first-order chi connectivity index (χ1) is 7.29. The molecule has 15 heavy (non-hydrogen) atoms. The second-order valence-electron chi connectivity index (χ2n) is 4.49. The van der Waals surface area contributed by atoms with Gasteiger partial charge in [-0.2, -0.15) is 5.26 Å². The zero-order chi connectivity index (χ0) is 10.7. The van der Waals surface area contributed by atoms with Crippen LogP contribution in [0.25, 0.3) is 0 Å². The highest BCUT2D eigenvalue weighted by Gasteiger charge is 2.40. The molecule has 84 valence electrons. The van der Waals surface area contributed by atoms with Crippen LogP contribution in [0.5, 0.6) is 0 Å². The van der Waals surface area contributed by atoms with E-state index >= 15 is 0 Å². The SMILES string of the molecule is CNC1(C#N)CCC(N2CCOCC2)C1. The predicted molar refractivity (Wildman–Crippen MR) is 57.4 cm³/mol. The first-order valence-electron chi connectivity index (χ1n) is 5.72. The fourth-order valence-electron chi connectivity index (χ4n) is 2.66. The summed E-state index contributed by atoms with van der Waals surface area (Å²) in [4.78, 5) is 2.47. The maximum atomic E-state index is 9.18. The Hall–Kier alpha value is -0.630. The van der Waals surface area contributed by atoms with Gasteiger partial charge in [0.15, 0.2) is 0 Å².